The Balaban J connectivity index is 2.68. The summed E-state index contributed by atoms with van der Waals surface area (Å²) < 4.78 is 5.58. The molecule has 1 aromatic rings. The molecule has 1 rings (SSSR count). The van der Waals surface area contributed by atoms with Gasteiger partial charge in [-0.2, -0.15) is 0 Å². The summed E-state index contributed by atoms with van der Waals surface area (Å²) in [7, 11) is 0. The monoisotopic (exact) mass is 295 g/mol. The predicted octanol–water partition coefficient (Wildman–Crippen LogP) is 4.25. The van der Waals surface area contributed by atoms with Gasteiger partial charge in [-0.25, -0.2) is 5.09 Å². The molecular weight excluding hydrogens is 281 g/mol. The molecule has 0 radical (unpaired) electrons. The molecule has 1 aromatic carbocycles. The smallest absolute Gasteiger partial charge is 0.268 e. The summed E-state index contributed by atoms with van der Waals surface area (Å²) in [5.41, 5.74) is 0. The lowest BCUT2D eigenvalue weighted by molar-refractivity contribution is 0.595. The van der Waals surface area contributed by atoms with Gasteiger partial charge < -0.3 is 4.52 Å². The molecule has 0 saturated carbocycles. The number of rotatable bonds is 5. The fraction of sp³-hybridized carbons (Fsp3) is 0.400. The second-order valence-corrected chi connectivity index (χ2v) is 9.38. The lowest BCUT2D eigenvalue weighted by Crippen LogP contribution is -2.19. The number of thioether (sulfide) groups is 1. The van der Waals surface area contributed by atoms with Gasteiger partial charge in [0.15, 0.2) is 0 Å². The molecule has 0 bridgehead atoms. The normalized spacial score (nSPS) is 14.8. The maximum Gasteiger partial charge on any atom is 0.268 e. The van der Waals surface area contributed by atoms with Gasteiger partial charge in [0.1, 0.15) is 5.75 Å². The fourth-order valence-electron chi connectivity index (χ4n) is 1.11. The summed E-state index contributed by atoms with van der Waals surface area (Å²) in [6, 6.07) is 7.96. The molecule has 16 heavy (non-hydrogen) atoms. The van der Waals surface area contributed by atoms with E-state index in [1.54, 1.807) is 11.8 Å². The standard InChI is InChI=1S/C10H15ClNOPS2/c1-8(2)12-14(11,15)13-9-4-6-10(16-3)7-5-9/h4-8H,1-3H3,(H,12,15). The van der Waals surface area contributed by atoms with Gasteiger partial charge >= 0.3 is 0 Å². The van der Waals surface area contributed by atoms with Crippen LogP contribution in [-0.4, -0.2) is 12.3 Å². The Bertz CT molecular complexity index is 383. The molecule has 0 saturated heterocycles. The average molecular weight is 296 g/mol. The van der Waals surface area contributed by atoms with Crippen molar-refractivity contribution >= 4 is 40.6 Å². The first kappa shape index (κ1) is 14.3. The zero-order chi connectivity index (χ0) is 12.2. The first-order chi connectivity index (χ1) is 7.43. The van der Waals surface area contributed by atoms with Gasteiger partial charge in [-0.15, -0.1) is 11.8 Å². The Morgan fingerprint density at radius 3 is 2.38 bits per heavy atom. The van der Waals surface area contributed by atoms with Crippen LogP contribution in [0.1, 0.15) is 13.8 Å². The molecule has 0 spiro atoms. The molecule has 0 heterocycles. The molecule has 1 atom stereocenters. The Morgan fingerprint density at radius 2 is 1.94 bits per heavy atom. The van der Waals surface area contributed by atoms with Crippen molar-refractivity contribution in [1.29, 1.82) is 0 Å². The molecule has 6 heteroatoms. The van der Waals surface area contributed by atoms with E-state index in [1.165, 1.54) is 4.90 Å². The quantitative estimate of drug-likeness (QED) is 0.647. The highest BCUT2D eigenvalue weighted by molar-refractivity contribution is 8.23. The molecule has 1 unspecified atom stereocenters. The van der Waals surface area contributed by atoms with Crippen LogP contribution in [0.2, 0.25) is 0 Å². The molecule has 90 valence electrons. The second kappa shape index (κ2) is 6.27. The SMILES string of the molecule is CSc1ccc(OP(=S)(Cl)NC(C)C)cc1. The van der Waals surface area contributed by atoms with E-state index in [0.717, 1.165) is 0 Å². The highest BCUT2D eigenvalue weighted by Gasteiger charge is 2.16. The van der Waals surface area contributed by atoms with Gasteiger partial charge in [0.25, 0.3) is 5.77 Å². The van der Waals surface area contributed by atoms with Crippen molar-refractivity contribution in [2.75, 3.05) is 6.26 Å². The fourth-order valence-corrected chi connectivity index (χ4v) is 4.29. The van der Waals surface area contributed by atoms with Crippen molar-refractivity contribution in [3.63, 3.8) is 0 Å². The zero-order valence-corrected chi connectivity index (χ0v) is 12.7. The number of halogens is 1. The van der Waals surface area contributed by atoms with Gasteiger partial charge in [-0.1, -0.05) is 0 Å². The van der Waals surface area contributed by atoms with Crippen molar-refractivity contribution in [2.45, 2.75) is 24.8 Å². The maximum absolute atomic E-state index is 6.13. The van der Waals surface area contributed by atoms with Crippen LogP contribution < -0.4 is 9.61 Å². The van der Waals surface area contributed by atoms with Crippen LogP contribution >= 0.6 is 28.8 Å². The van der Waals surface area contributed by atoms with Gasteiger partial charge in [0.05, 0.1) is 0 Å². The Hall–Kier alpha value is 0.270. The van der Waals surface area contributed by atoms with Crippen molar-refractivity contribution in [1.82, 2.24) is 5.09 Å². The Kier molecular flexibility index (Phi) is 5.62. The minimum absolute atomic E-state index is 0.216. The van der Waals surface area contributed by atoms with Crippen molar-refractivity contribution < 1.29 is 4.52 Å². The van der Waals surface area contributed by atoms with Crippen LogP contribution in [0, 0.1) is 0 Å². The molecule has 0 aromatic heterocycles. The third-order valence-electron chi connectivity index (χ3n) is 1.69. The van der Waals surface area contributed by atoms with Crippen LogP contribution in [0.15, 0.2) is 29.2 Å². The van der Waals surface area contributed by atoms with E-state index < -0.39 is 5.77 Å². The molecule has 2 nitrogen and oxygen atoms in total. The molecular formula is C10H15ClNOPS2. The minimum atomic E-state index is -2.45. The summed E-state index contributed by atoms with van der Waals surface area (Å²) in [6.07, 6.45) is 2.03. The van der Waals surface area contributed by atoms with E-state index in [9.17, 15) is 0 Å². The van der Waals surface area contributed by atoms with E-state index in [2.05, 4.69) is 5.09 Å². The van der Waals surface area contributed by atoms with Crippen molar-refractivity contribution in [3.05, 3.63) is 24.3 Å². The van der Waals surface area contributed by atoms with Crippen molar-refractivity contribution in [3.8, 4) is 5.75 Å². The van der Waals surface area contributed by atoms with Crippen LogP contribution in [0.5, 0.6) is 5.75 Å². The molecule has 0 fully saturated rings. The van der Waals surface area contributed by atoms with E-state index in [0.29, 0.717) is 5.75 Å². The van der Waals surface area contributed by atoms with Gasteiger partial charge in [0, 0.05) is 10.9 Å². The molecule has 0 amide bonds. The lowest BCUT2D eigenvalue weighted by Gasteiger charge is -2.19. The Labute approximate surface area is 111 Å². The Morgan fingerprint density at radius 1 is 1.38 bits per heavy atom. The van der Waals surface area contributed by atoms with E-state index in [4.69, 9.17) is 27.6 Å². The lowest BCUT2D eigenvalue weighted by atomic mass is 10.3. The third kappa shape index (κ3) is 5.07. The number of hydrogen-bond acceptors (Lipinski definition) is 3. The highest BCUT2D eigenvalue weighted by atomic mass is 35.7. The minimum Gasteiger partial charge on any atom is -0.441 e. The maximum atomic E-state index is 6.13. The predicted molar refractivity (Wildman–Crippen MR) is 77.3 cm³/mol. The van der Waals surface area contributed by atoms with E-state index in [1.807, 2.05) is 44.4 Å². The third-order valence-corrected chi connectivity index (χ3v) is 4.75. The number of nitrogens with one attached hydrogen (secondary N) is 1. The summed E-state index contributed by atoms with van der Waals surface area (Å²) in [6.45, 7) is 3.98. The first-order valence-corrected chi connectivity index (χ1v) is 9.69. The first-order valence-electron chi connectivity index (χ1n) is 4.84. The van der Waals surface area contributed by atoms with Crippen molar-refractivity contribution in [2.24, 2.45) is 0 Å². The number of benzene rings is 1. The molecule has 0 aliphatic heterocycles. The van der Waals surface area contributed by atoms with Crippen LogP contribution in [0.4, 0.5) is 0 Å². The summed E-state index contributed by atoms with van der Waals surface area (Å²) in [5.74, 6) is -1.73. The summed E-state index contributed by atoms with van der Waals surface area (Å²) in [4.78, 5) is 1.19. The molecule has 0 aliphatic rings. The summed E-state index contributed by atoms with van der Waals surface area (Å²) >= 11 is 13.0. The number of hydrogen-bond donors (Lipinski definition) is 1. The average Bonchev–Trinajstić information content (AvgIpc) is 2.16. The summed E-state index contributed by atoms with van der Waals surface area (Å²) in [5, 5.41) is 3.06. The highest BCUT2D eigenvalue weighted by Crippen LogP contribution is 2.49. The van der Waals surface area contributed by atoms with E-state index in [-0.39, 0.29) is 6.04 Å². The van der Waals surface area contributed by atoms with Gasteiger partial charge in [-0.05, 0) is 67.4 Å². The molecule has 1 N–H and O–H groups in total. The molecule has 0 aliphatic carbocycles. The van der Waals surface area contributed by atoms with E-state index >= 15 is 0 Å². The van der Waals surface area contributed by atoms with Gasteiger partial charge in [0.2, 0.25) is 0 Å². The second-order valence-electron chi connectivity index (χ2n) is 3.53. The van der Waals surface area contributed by atoms with Crippen LogP contribution in [0.25, 0.3) is 0 Å². The largest absolute Gasteiger partial charge is 0.441 e. The topological polar surface area (TPSA) is 21.3 Å². The van der Waals surface area contributed by atoms with Crippen LogP contribution in [-0.2, 0) is 11.8 Å². The zero-order valence-electron chi connectivity index (χ0n) is 9.44. The van der Waals surface area contributed by atoms with Gasteiger partial charge in [-0.3, -0.25) is 0 Å². The van der Waals surface area contributed by atoms with Crippen LogP contribution in [0.3, 0.4) is 0 Å².